The lowest BCUT2D eigenvalue weighted by Crippen LogP contribution is -2.38. The number of nitrogens with zero attached hydrogens (tertiary/aromatic N) is 4. The number of sulfonamides is 1. The molecule has 188 valence electrons. The molecule has 12 heteroatoms. The van der Waals surface area contributed by atoms with E-state index in [9.17, 15) is 21.6 Å². The zero-order valence-corrected chi connectivity index (χ0v) is 19.6. The Morgan fingerprint density at radius 2 is 1.80 bits per heavy atom. The van der Waals surface area contributed by atoms with Gasteiger partial charge in [-0.3, -0.25) is 9.21 Å². The molecule has 0 amide bonds. The van der Waals surface area contributed by atoms with Crippen LogP contribution < -0.4 is 4.31 Å². The minimum absolute atomic E-state index is 0.0999. The number of alkyl halides is 2. The van der Waals surface area contributed by atoms with Crippen LogP contribution in [-0.2, 0) is 21.3 Å². The van der Waals surface area contributed by atoms with Crippen molar-refractivity contribution < 1.29 is 30.7 Å². The number of rotatable bonds is 10. The number of hydrogen-bond donors (Lipinski definition) is 0. The molecule has 35 heavy (non-hydrogen) atoms. The van der Waals surface area contributed by atoms with E-state index in [4.69, 9.17) is 9.15 Å². The van der Waals surface area contributed by atoms with Gasteiger partial charge in [-0.05, 0) is 37.2 Å². The summed E-state index contributed by atoms with van der Waals surface area (Å²) in [6.45, 7) is 3.18. The Hall–Kier alpha value is -2.96. The minimum Gasteiger partial charge on any atom is -0.415 e. The fraction of sp³-hybridized carbons (Fsp3) is 0.391. The molecule has 1 aliphatic rings. The van der Waals surface area contributed by atoms with Crippen molar-refractivity contribution in [1.29, 1.82) is 0 Å². The first-order chi connectivity index (χ1) is 16.8. The van der Waals surface area contributed by atoms with Crippen LogP contribution in [0.2, 0.25) is 0 Å². The summed E-state index contributed by atoms with van der Waals surface area (Å²) >= 11 is 0. The van der Waals surface area contributed by atoms with Gasteiger partial charge in [-0.15, -0.1) is 10.2 Å². The molecule has 1 aliphatic heterocycles. The van der Waals surface area contributed by atoms with E-state index < -0.39 is 28.2 Å². The first-order valence-corrected chi connectivity index (χ1v) is 12.7. The van der Waals surface area contributed by atoms with Crippen LogP contribution in [0, 0.1) is 5.82 Å². The average molecular weight is 511 g/mol. The van der Waals surface area contributed by atoms with Gasteiger partial charge in [0, 0.05) is 24.2 Å². The highest BCUT2D eigenvalue weighted by Gasteiger charge is 2.25. The minimum atomic E-state index is -3.78. The Labute approximate surface area is 201 Å². The van der Waals surface area contributed by atoms with Crippen LogP contribution >= 0.6 is 0 Å². The van der Waals surface area contributed by atoms with Crippen molar-refractivity contribution in [2.75, 3.05) is 42.9 Å². The van der Waals surface area contributed by atoms with Gasteiger partial charge < -0.3 is 9.15 Å². The maximum Gasteiger partial charge on any atom is 0.314 e. The smallest absolute Gasteiger partial charge is 0.314 e. The molecule has 0 bridgehead atoms. The summed E-state index contributed by atoms with van der Waals surface area (Å²) in [4.78, 5) is 2.15. The van der Waals surface area contributed by atoms with Gasteiger partial charge in [0.15, 0.2) is 0 Å². The molecule has 0 spiro atoms. The fourth-order valence-corrected chi connectivity index (χ4v) is 5.25. The third-order valence-electron chi connectivity index (χ3n) is 5.60. The van der Waals surface area contributed by atoms with Crippen LogP contribution in [0.25, 0.3) is 11.5 Å². The number of morpholine rings is 1. The summed E-state index contributed by atoms with van der Waals surface area (Å²) in [5, 5.41) is 6.76. The topological polar surface area (TPSA) is 88.8 Å². The summed E-state index contributed by atoms with van der Waals surface area (Å²) in [6, 6.07) is 12.4. The first kappa shape index (κ1) is 25.1. The summed E-state index contributed by atoms with van der Waals surface area (Å²) in [6.07, 6.45) is -2.51. The molecule has 1 fully saturated rings. The average Bonchev–Trinajstić information content (AvgIpc) is 3.35. The van der Waals surface area contributed by atoms with Gasteiger partial charge in [-0.25, -0.2) is 12.8 Å². The second-order valence-corrected chi connectivity index (χ2v) is 10.0. The normalized spacial score (nSPS) is 15.0. The van der Waals surface area contributed by atoms with E-state index in [0.29, 0.717) is 31.9 Å². The number of aromatic nitrogens is 2. The number of benzene rings is 2. The van der Waals surface area contributed by atoms with Crippen molar-refractivity contribution in [2.24, 2.45) is 0 Å². The molecule has 0 N–H and O–H groups in total. The lowest BCUT2D eigenvalue weighted by atomic mass is 10.1. The van der Waals surface area contributed by atoms with E-state index in [1.807, 2.05) is 0 Å². The Morgan fingerprint density at radius 1 is 1.06 bits per heavy atom. The molecule has 1 saturated heterocycles. The van der Waals surface area contributed by atoms with Gasteiger partial charge in [0.25, 0.3) is 5.89 Å². The van der Waals surface area contributed by atoms with Crippen LogP contribution in [0.5, 0.6) is 0 Å². The zero-order valence-electron chi connectivity index (χ0n) is 18.8. The molecule has 0 saturated carbocycles. The van der Waals surface area contributed by atoms with Gasteiger partial charge in [0.1, 0.15) is 5.82 Å². The second-order valence-electron chi connectivity index (χ2n) is 8.02. The maximum atomic E-state index is 15.0. The zero-order chi connectivity index (χ0) is 24.8. The Bertz CT molecular complexity index is 1220. The van der Waals surface area contributed by atoms with Crippen LogP contribution in [-0.4, -0.2) is 62.1 Å². The largest absolute Gasteiger partial charge is 0.415 e. The Kier molecular flexibility index (Phi) is 8.04. The van der Waals surface area contributed by atoms with Crippen molar-refractivity contribution in [1.82, 2.24) is 15.1 Å². The van der Waals surface area contributed by atoms with Crippen LogP contribution in [0.3, 0.4) is 0 Å². The number of ether oxygens (including phenoxy) is 1. The van der Waals surface area contributed by atoms with Crippen LogP contribution in [0.4, 0.5) is 18.9 Å². The number of anilines is 1. The highest BCUT2D eigenvalue weighted by atomic mass is 32.2. The molecular weight excluding hydrogens is 485 g/mol. The number of para-hydroxylation sites is 1. The predicted octanol–water partition coefficient (Wildman–Crippen LogP) is 3.87. The van der Waals surface area contributed by atoms with Crippen LogP contribution in [0.1, 0.15) is 24.3 Å². The number of hydrogen-bond acceptors (Lipinski definition) is 7. The van der Waals surface area contributed by atoms with Gasteiger partial charge in [0.2, 0.25) is 15.9 Å². The van der Waals surface area contributed by atoms with Crippen molar-refractivity contribution in [3.05, 3.63) is 65.8 Å². The second kappa shape index (κ2) is 11.2. The Morgan fingerprint density at radius 3 is 2.46 bits per heavy atom. The molecule has 1 aromatic heterocycles. The third kappa shape index (κ3) is 6.38. The van der Waals surface area contributed by atoms with E-state index in [1.165, 1.54) is 16.4 Å². The highest BCUT2D eigenvalue weighted by molar-refractivity contribution is 7.92. The quantitative estimate of drug-likeness (QED) is 0.409. The van der Waals surface area contributed by atoms with E-state index in [2.05, 4.69) is 15.1 Å². The van der Waals surface area contributed by atoms with E-state index >= 15 is 0 Å². The van der Waals surface area contributed by atoms with Gasteiger partial charge >= 0.3 is 6.43 Å². The van der Waals surface area contributed by atoms with E-state index in [0.717, 1.165) is 19.2 Å². The summed E-state index contributed by atoms with van der Waals surface area (Å²) in [5.41, 5.74) is 0.647. The van der Waals surface area contributed by atoms with Crippen LogP contribution in [0.15, 0.2) is 52.9 Å². The molecule has 2 aromatic carbocycles. The Balaban J connectivity index is 1.52. The maximum absolute atomic E-state index is 15.0. The standard InChI is InChI=1S/C23H25F3N4O4S/c24-20-15-17(22-27-28-23(34-22)21(25)26)7-8-18(20)16-30(19-5-2-1-3-6-19)35(31,32)14-4-9-29-10-12-33-13-11-29/h1-3,5-8,15,21H,4,9-14,16H2. The van der Waals surface area contributed by atoms with Crippen molar-refractivity contribution >= 4 is 15.7 Å². The molecular formula is C23H25F3N4O4S. The van der Waals surface area contributed by atoms with Gasteiger partial charge in [-0.2, -0.15) is 8.78 Å². The van der Waals surface area contributed by atoms with Gasteiger partial charge in [-0.1, -0.05) is 24.3 Å². The molecule has 0 atom stereocenters. The molecule has 0 radical (unpaired) electrons. The predicted molar refractivity (Wildman–Crippen MR) is 123 cm³/mol. The molecule has 3 aromatic rings. The van der Waals surface area contributed by atoms with Gasteiger partial charge in [0.05, 0.1) is 31.2 Å². The monoisotopic (exact) mass is 510 g/mol. The van der Waals surface area contributed by atoms with E-state index in [1.54, 1.807) is 30.3 Å². The van der Waals surface area contributed by atoms with Crippen molar-refractivity contribution in [3.63, 3.8) is 0 Å². The van der Waals surface area contributed by atoms with E-state index in [-0.39, 0.29) is 29.3 Å². The third-order valence-corrected chi connectivity index (χ3v) is 7.42. The molecule has 2 heterocycles. The fourth-order valence-electron chi connectivity index (χ4n) is 3.75. The number of halogens is 3. The molecule has 4 rings (SSSR count). The summed E-state index contributed by atoms with van der Waals surface area (Å²) < 4.78 is 78.4. The lowest BCUT2D eigenvalue weighted by molar-refractivity contribution is 0.0381. The molecule has 0 aliphatic carbocycles. The first-order valence-electron chi connectivity index (χ1n) is 11.1. The summed E-state index contributed by atoms with van der Waals surface area (Å²) in [7, 11) is -3.78. The highest BCUT2D eigenvalue weighted by Crippen LogP contribution is 2.27. The lowest BCUT2D eigenvalue weighted by Gasteiger charge is -2.28. The SMILES string of the molecule is O=S(=O)(CCCN1CCOCC1)N(Cc1ccc(-c2nnc(C(F)F)o2)cc1F)c1ccccc1. The molecule has 8 nitrogen and oxygen atoms in total. The van der Waals surface area contributed by atoms with Crippen molar-refractivity contribution in [3.8, 4) is 11.5 Å². The summed E-state index contributed by atoms with van der Waals surface area (Å²) in [5.74, 6) is -1.93. The molecule has 0 unspecified atom stereocenters. The van der Waals surface area contributed by atoms with Crippen molar-refractivity contribution in [2.45, 2.75) is 19.4 Å².